The van der Waals surface area contributed by atoms with Crippen LogP contribution < -0.4 is 5.32 Å². The van der Waals surface area contributed by atoms with Crippen molar-refractivity contribution >= 4 is 56.0 Å². The molecule has 6 nitrogen and oxygen atoms in total. The van der Waals surface area contributed by atoms with Crippen LogP contribution in [0.15, 0.2) is 29.2 Å². The second-order valence-corrected chi connectivity index (χ2v) is 10.5. The smallest absolute Gasteiger partial charge is 0.266 e. The summed E-state index contributed by atoms with van der Waals surface area (Å²) in [4.78, 5) is 26.3. The number of sulfone groups is 1. The number of rotatable bonds is 6. The number of thioether (sulfide) groups is 1. The van der Waals surface area contributed by atoms with Gasteiger partial charge in [-0.05, 0) is 25.0 Å². The van der Waals surface area contributed by atoms with Crippen LogP contribution in [0, 0.1) is 5.82 Å². The van der Waals surface area contributed by atoms with Gasteiger partial charge in [-0.1, -0.05) is 42.2 Å². The van der Waals surface area contributed by atoms with Crippen molar-refractivity contribution in [3.63, 3.8) is 0 Å². The zero-order chi connectivity index (χ0) is 20.3. The molecule has 2 saturated heterocycles. The number of halogens is 1. The maximum atomic E-state index is 13.8. The Hall–Kier alpha value is -1.78. The summed E-state index contributed by atoms with van der Waals surface area (Å²) in [5.41, 5.74) is 0.314. The molecule has 10 heteroatoms. The van der Waals surface area contributed by atoms with Gasteiger partial charge in [-0.15, -0.1) is 0 Å². The normalized spacial score (nSPS) is 22.8. The molecule has 3 rings (SSSR count). The minimum atomic E-state index is -3.04. The largest absolute Gasteiger partial charge is 0.352 e. The zero-order valence-electron chi connectivity index (χ0n) is 14.9. The van der Waals surface area contributed by atoms with Gasteiger partial charge in [0.2, 0.25) is 5.91 Å². The highest BCUT2D eigenvalue weighted by molar-refractivity contribution is 8.26. The van der Waals surface area contributed by atoms with E-state index in [4.69, 9.17) is 12.2 Å². The third kappa shape index (κ3) is 5.18. The van der Waals surface area contributed by atoms with E-state index in [1.54, 1.807) is 18.2 Å². The van der Waals surface area contributed by atoms with Crippen LogP contribution in [0.3, 0.4) is 0 Å². The summed E-state index contributed by atoms with van der Waals surface area (Å²) in [7, 11) is -3.04. The number of hydrogen-bond acceptors (Lipinski definition) is 6. The molecule has 150 valence electrons. The van der Waals surface area contributed by atoms with Gasteiger partial charge in [0.25, 0.3) is 5.91 Å². The summed E-state index contributed by atoms with van der Waals surface area (Å²) in [6.07, 6.45) is 2.47. The minimum absolute atomic E-state index is 0.0196. The molecule has 0 saturated carbocycles. The van der Waals surface area contributed by atoms with E-state index in [2.05, 4.69) is 5.32 Å². The second-order valence-electron chi connectivity index (χ2n) is 6.63. The summed E-state index contributed by atoms with van der Waals surface area (Å²) in [5.74, 6) is -0.884. The highest BCUT2D eigenvalue weighted by atomic mass is 32.2. The van der Waals surface area contributed by atoms with Crippen molar-refractivity contribution in [1.29, 1.82) is 0 Å². The van der Waals surface area contributed by atoms with Gasteiger partial charge in [0.1, 0.15) is 10.1 Å². The van der Waals surface area contributed by atoms with Crippen LogP contribution >= 0.6 is 24.0 Å². The maximum Gasteiger partial charge on any atom is 0.266 e. The van der Waals surface area contributed by atoms with Crippen LogP contribution in [0.4, 0.5) is 4.39 Å². The van der Waals surface area contributed by atoms with Gasteiger partial charge in [0.15, 0.2) is 9.84 Å². The van der Waals surface area contributed by atoms with Crippen molar-refractivity contribution in [2.75, 3.05) is 18.1 Å². The number of thiocarbonyl (C=S) groups is 1. The molecule has 28 heavy (non-hydrogen) atoms. The van der Waals surface area contributed by atoms with E-state index >= 15 is 0 Å². The zero-order valence-corrected chi connectivity index (χ0v) is 17.3. The lowest BCUT2D eigenvalue weighted by molar-refractivity contribution is -0.124. The molecule has 0 radical (unpaired) electrons. The van der Waals surface area contributed by atoms with Crippen LogP contribution in [-0.4, -0.2) is 53.5 Å². The van der Waals surface area contributed by atoms with Gasteiger partial charge in [0.05, 0.1) is 16.4 Å². The molecule has 2 heterocycles. The molecular formula is C18H19FN2O4S3. The maximum absolute atomic E-state index is 13.8. The number of carbonyl (C=O) groups excluding carboxylic acids is 2. The Morgan fingerprint density at radius 1 is 1.39 bits per heavy atom. The third-order valence-corrected chi connectivity index (χ3v) is 7.59. The van der Waals surface area contributed by atoms with Crippen LogP contribution in [0.25, 0.3) is 6.08 Å². The second kappa shape index (κ2) is 8.71. The Labute approximate surface area is 172 Å². The molecule has 2 aliphatic rings. The van der Waals surface area contributed by atoms with Crippen molar-refractivity contribution < 1.29 is 22.4 Å². The van der Waals surface area contributed by atoms with Crippen molar-refractivity contribution in [1.82, 2.24) is 10.2 Å². The predicted molar refractivity (Wildman–Crippen MR) is 111 cm³/mol. The van der Waals surface area contributed by atoms with Crippen molar-refractivity contribution in [2.24, 2.45) is 0 Å². The quantitative estimate of drug-likeness (QED) is 0.537. The van der Waals surface area contributed by atoms with E-state index in [0.29, 0.717) is 27.6 Å². The Balaban J connectivity index is 1.51. The minimum Gasteiger partial charge on any atom is -0.352 e. The molecule has 2 amide bonds. The fourth-order valence-electron chi connectivity index (χ4n) is 3.03. The highest BCUT2D eigenvalue weighted by Gasteiger charge is 2.32. The van der Waals surface area contributed by atoms with Crippen LogP contribution in [0.1, 0.15) is 24.8 Å². The first kappa shape index (κ1) is 20.9. The Morgan fingerprint density at radius 2 is 2.14 bits per heavy atom. The van der Waals surface area contributed by atoms with Gasteiger partial charge in [-0.2, -0.15) is 0 Å². The monoisotopic (exact) mass is 442 g/mol. The summed E-state index contributed by atoms with van der Waals surface area (Å²) < 4.78 is 37.0. The number of nitrogens with one attached hydrogen (secondary N) is 1. The van der Waals surface area contributed by atoms with Gasteiger partial charge in [-0.25, -0.2) is 12.8 Å². The van der Waals surface area contributed by atoms with Crippen molar-refractivity contribution in [3.05, 3.63) is 40.6 Å². The first-order valence-corrected chi connectivity index (χ1v) is 11.8. The first-order chi connectivity index (χ1) is 13.2. The third-order valence-electron chi connectivity index (χ3n) is 4.45. The molecule has 0 spiro atoms. The van der Waals surface area contributed by atoms with E-state index in [1.807, 2.05) is 0 Å². The lowest BCUT2D eigenvalue weighted by Crippen LogP contribution is -2.36. The lowest BCUT2D eigenvalue weighted by Gasteiger charge is -2.15. The highest BCUT2D eigenvalue weighted by Crippen LogP contribution is 2.33. The Kier molecular flexibility index (Phi) is 6.51. The molecule has 1 unspecified atom stereocenters. The van der Waals surface area contributed by atoms with E-state index in [0.717, 1.165) is 11.8 Å². The van der Waals surface area contributed by atoms with Crippen LogP contribution in [0.2, 0.25) is 0 Å². The van der Waals surface area contributed by atoms with Crippen molar-refractivity contribution in [3.8, 4) is 0 Å². The molecule has 1 N–H and O–H groups in total. The number of amides is 2. The predicted octanol–water partition coefficient (Wildman–Crippen LogP) is 2.11. The van der Waals surface area contributed by atoms with Gasteiger partial charge in [-0.3, -0.25) is 14.5 Å². The number of benzene rings is 1. The fourth-order valence-corrected chi connectivity index (χ4v) is 6.01. The summed E-state index contributed by atoms with van der Waals surface area (Å²) in [5, 5.41) is 2.72. The van der Waals surface area contributed by atoms with Gasteiger partial charge in [0, 0.05) is 24.6 Å². The molecular weight excluding hydrogens is 423 g/mol. The number of hydrogen-bond donors (Lipinski definition) is 1. The molecule has 1 aromatic rings. The summed E-state index contributed by atoms with van der Waals surface area (Å²) >= 11 is 6.34. The van der Waals surface area contributed by atoms with Crippen LogP contribution in [0.5, 0.6) is 0 Å². The fraction of sp³-hybridized carbons (Fsp3) is 0.389. The lowest BCUT2D eigenvalue weighted by atomic mass is 10.2. The SMILES string of the molecule is O=C(CCCN1C(=O)C(=Cc2ccccc2F)SC1=S)NC1CCS(=O)(=O)C1. The standard InChI is InChI=1S/C18H19FN2O4S3/c19-14-5-2-1-4-12(14)10-15-17(23)21(18(26)27-15)8-3-6-16(22)20-13-7-9-28(24,25)11-13/h1-2,4-5,10,13H,3,6-9,11H2,(H,20,22). The van der Waals surface area contributed by atoms with E-state index in [-0.39, 0.29) is 42.3 Å². The molecule has 2 fully saturated rings. The topological polar surface area (TPSA) is 83.6 Å². The van der Waals surface area contributed by atoms with E-state index < -0.39 is 15.7 Å². The molecule has 0 bridgehead atoms. The average molecular weight is 443 g/mol. The van der Waals surface area contributed by atoms with Gasteiger partial charge >= 0.3 is 0 Å². The van der Waals surface area contributed by atoms with Gasteiger partial charge < -0.3 is 5.32 Å². The molecule has 1 aromatic carbocycles. The van der Waals surface area contributed by atoms with Crippen molar-refractivity contribution in [2.45, 2.75) is 25.3 Å². The Morgan fingerprint density at radius 3 is 2.82 bits per heavy atom. The first-order valence-electron chi connectivity index (χ1n) is 8.75. The number of nitrogens with zero attached hydrogens (tertiary/aromatic N) is 1. The van der Waals surface area contributed by atoms with E-state index in [9.17, 15) is 22.4 Å². The average Bonchev–Trinajstić information content (AvgIpc) is 3.09. The number of carbonyl (C=O) groups is 2. The van der Waals surface area contributed by atoms with Crippen LogP contribution in [-0.2, 0) is 19.4 Å². The molecule has 0 aliphatic carbocycles. The summed E-state index contributed by atoms with van der Waals surface area (Å²) in [6, 6.07) is 5.82. The molecule has 2 aliphatic heterocycles. The molecule has 0 aromatic heterocycles. The molecule has 1 atom stereocenters. The van der Waals surface area contributed by atoms with E-state index in [1.165, 1.54) is 17.0 Å². The Bertz CT molecular complexity index is 946. The summed E-state index contributed by atoms with van der Waals surface area (Å²) in [6.45, 7) is 0.273.